The molecule has 0 amide bonds. The number of nitrogens with two attached hydrogens (primary N) is 1. The first-order valence-electron chi connectivity index (χ1n) is 7.48. The van der Waals surface area contributed by atoms with Gasteiger partial charge in [-0.25, -0.2) is 4.98 Å². The number of benzene rings is 1. The molecule has 0 aliphatic carbocycles. The molecule has 1 aromatic carbocycles. The van der Waals surface area contributed by atoms with Crippen LogP contribution in [0.3, 0.4) is 0 Å². The highest BCUT2D eigenvalue weighted by Gasteiger charge is 2.10. The van der Waals surface area contributed by atoms with Crippen LogP contribution in [0.4, 0.5) is 0 Å². The molecule has 1 atom stereocenters. The summed E-state index contributed by atoms with van der Waals surface area (Å²) in [6.07, 6.45) is 5.80. The van der Waals surface area contributed by atoms with Crippen LogP contribution in [0.1, 0.15) is 44.0 Å². The molecule has 3 nitrogen and oxygen atoms in total. The van der Waals surface area contributed by atoms with E-state index in [2.05, 4.69) is 46.9 Å². The summed E-state index contributed by atoms with van der Waals surface area (Å²) < 4.78 is 1.10. The van der Waals surface area contributed by atoms with Crippen LogP contribution in [0.2, 0.25) is 0 Å². The van der Waals surface area contributed by atoms with E-state index in [9.17, 15) is 0 Å². The lowest BCUT2D eigenvalue weighted by Gasteiger charge is -2.13. The summed E-state index contributed by atoms with van der Waals surface area (Å²) in [6, 6.07) is 4.21. The summed E-state index contributed by atoms with van der Waals surface area (Å²) in [5, 5.41) is 0. The number of hydrogen-bond donors (Lipinski definition) is 2. The molecule has 4 heteroatoms. The zero-order valence-electron chi connectivity index (χ0n) is 12.4. The van der Waals surface area contributed by atoms with Gasteiger partial charge in [-0.1, -0.05) is 35.7 Å². The minimum Gasteiger partial charge on any atom is -0.342 e. The maximum atomic E-state index is 5.70. The number of H-pyrrole nitrogens is 1. The molecule has 0 radical (unpaired) electrons. The molecule has 3 N–H and O–H groups in total. The highest BCUT2D eigenvalue weighted by Crippen LogP contribution is 2.23. The number of aryl methyl sites for hydroxylation is 2. The Morgan fingerprint density at radius 2 is 2.10 bits per heavy atom. The molecule has 0 saturated heterocycles. The molecule has 0 aliphatic rings. The van der Waals surface area contributed by atoms with Crippen LogP contribution in [0.5, 0.6) is 0 Å². The van der Waals surface area contributed by atoms with Gasteiger partial charge in [0.2, 0.25) is 0 Å². The number of nitrogens with one attached hydrogen (secondary N) is 1. The van der Waals surface area contributed by atoms with Crippen molar-refractivity contribution in [3.8, 4) is 0 Å². The lowest BCUT2D eigenvalue weighted by molar-refractivity contribution is 0.418. The average Bonchev–Trinajstić information content (AvgIpc) is 2.79. The van der Waals surface area contributed by atoms with Gasteiger partial charge in [0.1, 0.15) is 5.82 Å². The van der Waals surface area contributed by atoms with Crippen molar-refractivity contribution in [1.29, 1.82) is 0 Å². The highest BCUT2D eigenvalue weighted by molar-refractivity contribution is 9.10. The van der Waals surface area contributed by atoms with Gasteiger partial charge in [0.05, 0.1) is 11.0 Å². The normalized spacial score (nSPS) is 13.0. The minimum absolute atomic E-state index is 0.728. The molecule has 0 bridgehead atoms. The van der Waals surface area contributed by atoms with Crippen LogP contribution >= 0.6 is 15.9 Å². The third-order valence-electron chi connectivity index (χ3n) is 3.85. The van der Waals surface area contributed by atoms with Crippen LogP contribution in [0, 0.1) is 12.8 Å². The summed E-state index contributed by atoms with van der Waals surface area (Å²) in [5.41, 5.74) is 9.12. The fraction of sp³-hybridized carbons (Fsp3) is 0.562. The van der Waals surface area contributed by atoms with Crippen LogP contribution in [-0.4, -0.2) is 16.5 Å². The second-order valence-corrected chi connectivity index (χ2v) is 6.49. The van der Waals surface area contributed by atoms with Crippen molar-refractivity contribution >= 4 is 27.0 Å². The smallest absolute Gasteiger partial charge is 0.107 e. The summed E-state index contributed by atoms with van der Waals surface area (Å²) in [4.78, 5) is 8.18. The molecule has 20 heavy (non-hydrogen) atoms. The number of rotatable bonds is 7. The van der Waals surface area contributed by atoms with Gasteiger partial charge in [-0.15, -0.1) is 0 Å². The predicted octanol–water partition coefficient (Wildman–Crippen LogP) is 4.33. The SMILES string of the molecule is CCCC(CCN)CCc1nc2c(C)cc(Br)cc2[nH]1. The maximum Gasteiger partial charge on any atom is 0.107 e. The zero-order chi connectivity index (χ0) is 14.5. The van der Waals surface area contributed by atoms with Crippen molar-refractivity contribution in [1.82, 2.24) is 9.97 Å². The van der Waals surface area contributed by atoms with Crippen molar-refractivity contribution < 1.29 is 0 Å². The summed E-state index contributed by atoms with van der Waals surface area (Å²) >= 11 is 3.53. The number of aromatic amines is 1. The summed E-state index contributed by atoms with van der Waals surface area (Å²) in [5.74, 6) is 1.82. The lowest BCUT2D eigenvalue weighted by atomic mass is 9.94. The predicted molar refractivity (Wildman–Crippen MR) is 88.9 cm³/mol. The van der Waals surface area contributed by atoms with E-state index in [0.717, 1.165) is 46.6 Å². The van der Waals surface area contributed by atoms with E-state index in [0.29, 0.717) is 0 Å². The highest BCUT2D eigenvalue weighted by atomic mass is 79.9. The van der Waals surface area contributed by atoms with E-state index in [-0.39, 0.29) is 0 Å². The van der Waals surface area contributed by atoms with E-state index >= 15 is 0 Å². The quantitative estimate of drug-likeness (QED) is 0.789. The van der Waals surface area contributed by atoms with E-state index < -0.39 is 0 Å². The molecular weight excluding hydrogens is 314 g/mol. The number of hydrogen-bond acceptors (Lipinski definition) is 2. The molecular formula is C16H24BrN3. The van der Waals surface area contributed by atoms with Gasteiger partial charge >= 0.3 is 0 Å². The van der Waals surface area contributed by atoms with Crippen LogP contribution in [-0.2, 0) is 6.42 Å². The molecule has 0 aliphatic heterocycles. The molecule has 1 aromatic heterocycles. The van der Waals surface area contributed by atoms with Gasteiger partial charge in [0.15, 0.2) is 0 Å². The van der Waals surface area contributed by atoms with E-state index in [1.54, 1.807) is 0 Å². The van der Waals surface area contributed by atoms with Gasteiger partial charge in [-0.2, -0.15) is 0 Å². The Kier molecular flexibility index (Phi) is 5.61. The van der Waals surface area contributed by atoms with Gasteiger partial charge in [-0.05, 0) is 49.9 Å². The molecule has 2 aromatic rings. The number of fused-ring (bicyclic) bond motifs is 1. The average molecular weight is 338 g/mol. The number of aromatic nitrogens is 2. The molecule has 1 heterocycles. The molecule has 2 rings (SSSR count). The molecule has 1 unspecified atom stereocenters. The van der Waals surface area contributed by atoms with Gasteiger partial charge < -0.3 is 10.7 Å². The molecule has 0 saturated carbocycles. The Balaban J connectivity index is 2.08. The van der Waals surface area contributed by atoms with E-state index in [1.165, 1.54) is 24.8 Å². The summed E-state index contributed by atoms with van der Waals surface area (Å²) in [7, 11) is 0. The summed E-state index contributed by atoms with van der Waals surface area (Å²) in [6.45, 7) is 5.13. The molecule has 110 valence electrons. The molecule has 0 spiro atoms. The van der Waals surface area contributed by atoms with Gasteiger partial charge in [0, 0.05) is 10.9 Å². The minimum atomic E-state index is 0.728. The monoisotopic (exact) mass is 337 g/mol. The van der Waals surface area contributed by atoms with Gasteiger partial charge in [-0.3, -0.25) is 0 Å². The van der Waals surface area contributed by atoms with E-state index in [1.807, 2.05) is 0 Å². The first-order chi connectivity index (χ1) is 9.63. The van der Waals surface area contributed by atoms with E-state index in [4.69, 9.17) is 10.7 Å². The fourth-order valence-corrected chi connectivity index (χ4v) is 3.41. The Morgan fingerprint density at radius 1 is 1.30 bits per heavy atom. The fourth-order valence-electron chi connectivity index (χ4n) is 2.83. The zero-order valence-corrected chi connectivity index (χ0v) is 14.0. The first-order valence-corrected chi connectivity index (χ1v) is 8.28. The maximum absolute atomic E-state index is 5.70. The standard InChI is InChI=1S/C16H24BrN3/c1-3-4-12(7-8-18)5-6-15-19-14-10-13(17)9-11(2)16(14)20-15/h9-10,12H,3-8,18H2,1-2H3,(H,19,20). The second kappa shape index (κ2) is 7.23. The number of nitrogens with zero attached hydrogens (tertiary/aromatic N) is 1. The van der Waals surface area contributed by atoms with Crippen LogP contribution < -0.4 is 5.73 Å². The number of imidazole rings is 1. The first kappa shape index (κ1) is 15.5. The van der Waals surface area contributed by atoms with Crippen molar-refractivity contribution in [3.63, 3.8) is 0 Å². The Hall–Kier alpha value is -0.870. The number of halogens is 1. The Labute approximate surface area is 129 Å². The Morgan fingerprint density at radius 3 is 2.80 bits per heavy atom. The van der Waals surface area contributed by atoms with Gasteiger partial charge in [0.25, 0.3) is 0 Å². The largest absolute Gasteiger partial charge is 0.342 e. The third-order valence-corrected chi connectivity index (χ3v) is 4.31. The van der Waals surface area contributed by atoms with Crippen molar-refractivity contribution in [3.05, 3.63) is 28.0 Å². The Bertz CT molecular complexity index is 556. The van der Waals surface area contributed by atoms with Crippen LogP contribution in [0.25, 0.3) is 11.0 Å². The second-order valence-electron chi connectivity index (χ2n) is 5.57. The van der Waals surface area contributed by atoms with Crippen molar-refractivity contribution in [2.75, 3.05) is 6.54 Å². The lowest BCUT2D eigenvalue weighted by Crippen LogP contribution is -2.10. The van der Waals surface area contributed by atoms with Crippen molar-refractivity contribution in [2.24, 2.45) is 11.7 Å². The van der Waals surface area contributed by atoms with Crippen molar-refractivity contribution in [2.45, 2.75) is 46.0 Å². The molecule has 0 fully saturated rings. The third kappa shape index (κ3) is 3.83. The topological polar surface area (TPSA) is 54.7 Å². The van der Waals surface area contributed by atoms with Crippen LogP contribution in [0.15, 0.2) is 16.6 Å².